The van der Waals surface area contributed by atoms with Gasteiger partial charge in [-0.25, -0.2) is 0 Å². The highest BCUT2D eigenvalue weighted by atomic mass is 16.5. The van der Waals surface area contributed by atoms with Gasteiger partial charge in [0.05, 0.1) is 32.9 Å². The number of carbonyl (C=O) groups excluding carboxylic acids is 2. The molecule has 1 atom stereocenters. The van der Waals surface area contributed by atoms with Crippen LogP contribution >= 0.6 is 0 Å². The number of ether oxygens (including phenoxy) is 3. The molecule has 33 heavy (non-hydrogen) atoms. The average molecular weight is 455 g/mol. The van der Waals surface area contributed by atoms with E-state index in [1.165, 1.54) is 26.2 Å². The van der Waals surface area contributed by atoms with E-state index in [1.807, 2.05) is 0 Å². The summed E-state index contributed by atoms with van der Waals surface area (Å²) >= 11 is 0. The molecule has 2 aromatic rings. The highest BCUT2D eigenvalue weighted by Gasteiger charge is 2.46. The zero-order valence-corrected chi connectivity index (χ0v) is 18.5. The lowest BCUT2D eigenvalue weighted by atomic mass is 9.95. The maximum absolute atomic E-state index is 13.0. The third-order valence-corrected chi connectivity index (χ3v) is 5.42. The van der Waals surface area contributed by atoms with E-state index >= 15 is 0 Å². The Morgan fingerprint density at radius 3 is 2.18 bits per heavy atom. The highest BCUT2D eigenvalue weighted by molar-refractivity contribution is 6.46. The molecule has 0 aromatic heterocycles. The molecule has 1 aliphatic rings. The van der Waals surface area contributed by atoms with Gasteiger partial charge in [0.1, 0.15) is 11.5 Å². The van der Waals surface area contributed by atoms with Crippen LogP contribution in [0.1, 0.15) is 30.0 Å². The number of methoxy groups -OCH3 is 3. The van der Waals surface area contributed by atoms with Crippen molar-refractivity contribution in [1.82, 2.24) is 4.90 Å². The van der Waals surface area contributed by atoms with Crippen molar-refractivity contribution < 1.29 is 38.8 Å². The van der Waals surface area contributed by atoms with Crippen LogP contribution in [0.4, 0.5) is 0 Å². The molecule has 0 bridgehead atoms. The van der Waals surface area contributed by atoms with Crippen molar-refractivity contribution in [3.05, 3.63) is 59.2 Å². The standard InChI is InChI=1S/C24H25NO8/c1-31-16-9-6-14(7-10-16)22(28)20-21(15-8-11-17(32-2)18(13-15)33-3)25(24(30)23(20)29)12-4-5-19(26)27/h6-11,13,21,28H,4-5,12H2,1-3H3,(H,26,27)/t21-/m0/s1. The minimum atomic E-state index is -1.01. The fourth-order valence-electron chi connectivity index (χ4n) is 3.79. The summed E-state index contributed by atoms with van der Waals surface area (Å²) in [6.07, 6.45) is -0.0190. The third kappa shape index (κ3) is 4.77. The van der Waals surface area contributed by atoms with Crippen molar-refractivity contribution >= 4 is 23.4 Å². The van der Waals surface area contributed by atoms with Gasteiger partial charge in [0.2, 0.25) is 0 Å². The Morgan fingerprint density at radius 2 is 1.61 bits per heavy atom. The number of aliphatic hydroxyl groups excluding tert-OH is 1. The van der Waals surface area contributed by atoms with Gasteiger partial charge >= 0.3 is 5.97 Å². The Hall–Kier alpha value is -4.01. The van der Waals surface area contributed by atoms with Crippen molar-refractivity contribution in [1.29, 1.82) is 0 Å². The number of ketones is 1. The topological polar surface area (TPSA) is 123 Å². The quantitative estimate of drug-likeness (QED) is 0.336. The van der Waals surface area contributed by atoms with Crippen LogP contribution in [0.15, 0.2) is 48.0 Å². The number of rotatable bonds is 9. The van der Waals surface area contributed by atoms with Crippen molar-refractivity contribution in [3.8, 4) is 17.2 Å². The fourth-order valence-corrected chi connectivity index (χ4v) is 3.79. The molecule has 0 unspecified atom stereocenters. The first-order valence-corrected chi connectivity index (χ1v) is 10.2. The Labute approximate surface area is 190 Å². The number of amides is 1. The van der Waals surface area contributed by atoms with E-state index in [2.05, 4.69) is 0 Å². The average Bonchev–Trinajstić information content (AvgIpc) is 3.08. The van der Waals surface area contributed by atoms with Crippen LogP contribution in [0.3, 0.4) is 0 Å². The molecule has 9 nitrogen and oxygen atoms in total. The molecule has 9 heteroatoms. The fraction of sp³-hybridized carbons (Fsp3) is 0.292. The van der Waals surface area contributed by atoms with E-state index in [9.17, 15) is 19.5 Å². The van der Waals surface area contributed by atoms with Gasteiger partial charge in [0, 0.05) is 18.5 Å². The van der Waals surface area contributed by atoms with Crippen LogP contribution in [-0.2, 0) is 14.4 Å². The van der Waals surface area contributed by atoms with Gasteiger partial charge in [-0.05, 0) is 48.4 Å². The zero-order valence-electron chi connectivity index (χ0n) is 18.5. The molecule has 1 fully saturated rings. The second-order valence-corrected chi connectivity index (χ2v) is 7.33. The molecule has 2 N–H and O–H groups in total. The second kappa shape index (κ2) is 10.1. The first kappa shape index (κ1) is 23.6. The van der Waals surface area contributed by atoms with Crippen LogP contribution in [0.5, 0.6) is 17.2 Å². The second-order valence-electron chi connectivity index (χ2n) is 7.33. The van der Waals surface area contributed by atoms with Crippen molar-refractivity contribution in [2.24, 2.45) is 0 Å². The maximum atomic E-state index is 13.0. The molecule has 2 aromatic carbocycles. The summed E-state index contributed by atoms with van der Waals surface area (Å²) in [7, 11) is 4.45. The van der Waals surface area contributed by atoms with Gasteiger partial charge < -0.3 is 29.3 Å². The molecule has 1 heterocycles. The summed E-state index contributed by atoms with van der Waals surface area (Å²) in [5, 5.41) is 20.0. The Morgan fingerprint density at radius 1 is 0.939 bits per heavy atom. The lowest BCUT2D eigenvalue weighted by molar-refractivity contribution is -0.140. The predicted octanol–water partition coefficient (Wildman–Crippen LogP) is 3.00. The van der Waals surface area contributed by atoms with Gasteiger partial charge in [-0.1, -0.05) is 6.07 Å². The van der Waals surface area contributed by atoms with E-state index in [4.69, 9.17) is 19.3 Å². The molecular formula is C24H25NO8. The molecule has 174 valence electrons. The van der Waals surface area contributed by atoms with Crippen molar-refractivity contribution in [2.75, 3.05) is 27.9 Å². The van der Waals surface area contributed by atoms with Crippen molar-refractivity contribution in [3.63, 3.8) is 0 Å². The number of carboxylic acids is 1. The first-order chi connectivity index (χ1) is 15.8. The molecule has 1 amide bonds. The number of hydrogen-bond acceptors (Lipinski definition) is 7. The van der Waals surface area contributed by atoms with E-state index in [1.54, 1.807) is 42.5 Å². The summed E-state index contributed by atoms with van der Waals surface area (Å²) in [4.78, 5) is 38.2. The van der Waals surface area contributed by atoms with Gasteiger partial charge in [0.25, 0.3) is 11.7 Å². The maximum Gasteiger partial charge on any atom is 0.303 e. The molecule has 1 saturated heterocycles. The van der Waals surface area contributed by atoms with E-state index in [0.717, 1.165) is 0 Å². The van der Waals surface area contributed by atoms with Gasteiger partial charge in [-0.15, -0.1) is 0 Å². The Bertz CT molecular complexity index is 1090. The summed E-state index contributed by atoms with van der Waals surface area (Å²) < 4.78 is 15.8. The van der Waals surface area contributed by atoms with Crippen LogP contribution in [0.2, 0.25) is 0 Å². The number of aliphatic hydroxyl groups is 1. The number of carboxylic acid groups (broad SMARTS) is 1. The van der Waals surface area contributed by atoms with Crippen LogP contribution < -0.4 is 14.2 Å². The van der Waals surface area contributed by atoms with E-state index in [0.29, 0.717) is 28.4 Å². The minimum absolute atomic E-state index is 0.0231. The third-order valence-electron chi connectivity index (χ3n) is 5.42. The number of carbonyl (C=O) groups is 3. The molecule has 0 spiro atoms. The normalized spacial score (nSPS) is 17.2. The predicted molar refractivity (Wildman–Crippen MR) is 118 cm³/mol. The van der Waals surface area contributed by atoms with Crippen molar-refractivity contribution in [2.45, 2.75) is 18.9 Å². The zero-order chi connectivity index (χ0) is 24.1. The molecule has 0 saturated carbocycles. The first-order valence-electron chi connectivity index (χ1n) is 10.2. The Kier molecular flexibility index (Phi) is 7.22. The van der Waals surface area contributed by atoms with Gasteiger partial charge in [-0.3, -0.25) is 14.4 Å². The van der Waals surface area contributed by atoms with Crippen LogP contribution in [0, 0.1) is 0 Å². The largest absolute Gasteiger partial charge is 0.507 e. The molecule has 0 aliphatic carbocycles. The molecule has 3 rings (SSSR count). The number of benzene rings is 2. The Balaban J connectivity index is 2.13. The van der Waals surface area contributed by atoms with E-state index < -0.39 is 23.7 Å². The lowest BCUT2D eigenvalue weighted by Crippen LogP contribution is -2.31. The highest BCUT2D eigenvalue weighted by Crippen LogP contribution is 2.42. The number of hydrogen-bond donors (Lipinski definition) is 2. The summed E-state index contributed by atoms with van der Waals surface area (Å²) in [6.45, 7) is 0.0231. The number of likely N-dealkylation sites (tertiary alicyclic amines) is 1. The number of Topliss-reactive ketones (excluding diaryl/α,β-unsaturated/α-hetero) is 1. The van der Waals surface area contributed by atoms with E-state index in [-0.39, 0.29) is 30.7 Å². The monoisotopic (exact) mass is 455 g/mol. The SMILES string of the molecule is COc1ccc(C(O)=C2C(=O)C(=O)N(CCCC(=O)O)[C@H]2c2ccc(OC)c(OC)c2)cc1. The summed E-state index contributed by atoms with van der Waals surface area (Å²) in [5.74, 6) is -1.59. The summed E-state index contributed by atoms with van der Waals surface area (Å²) in [6, 6.07) is 10.4. The smallest absolute Gasteiger partial charge is 0.303 e. The molecule has 0 radical (unpaired) electrons. The van der Waals surface area contributed by atoms with Crippen LogP contribution in [0.25, 0.3) is 5.76 Å². The molecular weight excluding hydrogens is 430 g/mol. The molecule has 1 aliphatic heterocycles. The van der Waals surface area contributed by atoms with Gasteiger partial charge in [-0.2, -0.15) is 0 Å². The minimum Gasteiger partial charge on any atom is -0.507 e. The van der Waals surface area contributed by atoms with Crippen LogP contribution in [-0.4, -0.2) is 60.6 Å². The van der Waals surface area contributed by atoms with Gasteiger partial charge in [0.15, 0.2) is 11.5 Å². The summed E-state index contributed by atoms with van der Waals surface area (Å²) in [5.41, 5.74) is 0.759. The number of nitrogens with zero attached hydrogens (tertiary/aromatic N) is 1. The lowest BCUT2D eigenvalue weighted by Gasteiger charge is -2.25. The number of aliphatic carboxylic acids is 1.